The molecule has 0 fully saturated rings. The monoisotopic (exact) mass is 272 g/mol. The lowest BCUT2D eigenvalue weighted by atomic mass is 10.1. The van der Waals surface area contributed by atoms with Crippen molar-refractivity contribution in [3.63, 3.8) is 0 Å². The number of amidine groups is 1. The molecule has 0 aliphatic carbocycles. The second-order valence-corrected chi connectivity index (χ2v) is 5.35. The van der Waals surface area contributed by atoms with Crippen LogP contribution < -0.4 is 5.32 Å². The fraction of sp³-hybridized carbons (Fsp3) is 0.615. The van der Waals surface area contributed by atoms with Crippen molar-refractivity contribution in [1.29, 1.82) is 0 Å². The van der Waals surface area contributed by atoms with Crippen LogP contribution in [-0.4, -0.2) is 18.4 Å². The zero-order valence-electron chi connectivity index (χ0n) is 10.3. The Morgan fingerprint density at radius 2 is 2.35 bits per heavy atom. The highest BCUT2D eigenvalue weighted by Gasteiger charge is 2.11. The maximum Gasteiger partial charge on any atom is 0.0965 e. The van der Waals surface area contributed by atoms with Gasteiger partial charge in [0.2, 0.25) is 0 Å². The summed E-state index contributed by atoms with van der Waals surface area (Å²) in [6.07, 6.45) is 5.99. The van der Waals surface area contributed by atoms with E-state index in [1.165, 1.54) is 23.6 Å². The van der Waals surface area contributed by atoms with Crippen LogP contribution in [0, 0.1) is 0 Å². The van der Waals surface area contributed by atoms with E-state index in [1.54, 1.807) is 0 Å². The fourth-order valence-corrected chi connectivity index (χ4v) is 2.81. The standard InChI is InChI=1S/C13H20N2S.ClH/c1-2-11(10-12-6-5-9-16-12)15-13-7-3-4-8-14-13;/h5-6,9,11H,2-4,7-8,10H2,1H3,(H,14,15);1H. The van der Waals surface area contributed by atoms with Crippen LogP contribution in [0.25, 0.3) is 0 Å². The molecule has 0 saturated carbocycles. The predicted molar refractivity (Wildman–Crippen MR) is 78.6 cm³/mol. The van der Waals surface area contributed by atoms with Gasteiger partial charge in [0.1, 0.15) is 0 Å². The number of rotatable bonds is 4. The summed E-state index contributed by atoms with van der Waals surface area (Å²) in [6, 6.07) is 4.90. The minimum absolute atomic E-state index is 0. The van der Waals surface area contributed by atoms with Crippen LogP contribution in [0.2, 0.25) is 0 Å². The topological polar surface area (TPSA) is 24.4 Å². The largest absolute Gasteiger partial charge is 0.371 e. The molecule has 0 bridgehead atoms. The molecule has 0 radical (unpaired) electrons. The molecule has 0 aromatic carbocycles. The summed E-state index contributed by atoms with van der Waals surface area (Å²) in [7, 11) is 0. The quantitative estimate of drug-likeness (QED) is 0.889. The Morgan fingerprint density at radius 3 is 2.94 bits per heavy atom. The molecule has 1 aliphatic rings. The average Bonchev–Trinajstić information content (AvgIpc) is 2.82. The van der Waals surface area contributed by atoms with E-state index in [0.717, 1.165) is 25.8 Å². The van der Waals surface area contributed by atoms with Gasteiger partial charge in [-0.05, 0) is 30.7 Å². The lowest BCUT2D eigenvalue weighted by Crippen LogP contribution is -2.36. The number of aliphatic imine (C=N–C) groups is 1. The molecule has 1 atom stereocenters. The zero-order valence-corrected chi connectivity index (χ0v) is 11.9. The second kappa shape index (κ2) is 7.72. The van der Waals surface area contributed by atoms with Gasteiger partial charge < -0.3 is 5.32 Å². The number of nitrogens with zero attached hydrogens (tertiary/aromatic N) is 1. The summed E-state index contributed by atoms with van der Waals surface area (Å²) in [5.41, 5.74) is 0. The molecule has 1 unspecified atom stereocenters. The van der Waals surface area contributed by atoms with Crippen LogP contribution in [0.1, 0.15) is 37.5 Å². The Morgan fingerprint density at radius 1 is 1.47 bits per heavy atom. The van der Waals surface area contributed by atoms with Crippen LogP contribution in [0.15, 0.2) is 22.5 Å². The van der Waals surface area contributed by atoms with E-state index in [9.17, 15) is 0 Å². The lowest BCUT2D eigenvalue weighted by molar-refractivity contribution is 0.570. The van der Waals surface area contributed by atoms with E-state index < -0.39 is 0 Å². The Bertz CT molecular complexity index is 335. The molecule has 0 amide bonds. The average molecular weight is 273 g/mol. The third-order valence-corrected chi connectivity index (χ3v) is 3.91. The fourth-order valence-electron chi connectivity index (χ4n) is 2.02. The summed E-state index contributed by atoms with van der Waals surface area (Å²) in [5.74, 6) is 1.23. The third kappa shape index (κ3) is 4.68. The van der Waals surface area contributed by atoms with Gasteiger partial charge in [0, 0.05) is 30.3 Å². The van der Waals surface area contributed by atoms with Gasteiger partial charge in [0.25, 0.3) is 0 Å². The molecular weight excluding hydrogens is 252 g/mol. The first-order valence-electron chi connectivity index (χ1n) is 6.20. The van der Waals surface area contributed by atoms with E-state index in [0.29, 0.717) is 6.04 Å². The first kappa shape index (κ1) is 14.5. The maximum atomic E-state index is 4.56. The molecule has 1 aromatic rings. The Balaban J connectivity index is 0.00000144. The second-order valence-electron chi connectivity index (χ2n) is 4.32. The number of halogens is 1. The van der Waals surface area contributed by atoms with Gasteiger partial charge >= 0.3 is 0 Å². The van der Waals surface area contributed by atoms with Crippen molar-refractivity contribution in [2.24, 2.45) is 4.99 Å². The van der Waals surface area contributed by atoms with Gasteiger partial charge in [-0.3, -0.25) is 4.99 Å². The van der Waals surface area contributed by atoms with Crippen LogP contribution >= 0.6 is 23.7 Å². The Hall–Kier alpha value is -0.540. The molecule has 2 nitrogen and oxygen atoms in total. The summed E-state index contributed by atoms with van der Waals surface area (Å²) < 4.78 is 0. The van der Waals surface area contributed by atoms with Gasteiger partial charge in [0.15, 0.2) is 0 Å². The van der Waals surface area contributed by atoms with Gasteiger partial charge in [-0.2, -0.15) is 0 Å². The molecule has 1 aromatic heterocycles. The maximum absolute atomic E-state index is 4.56. The first-order chi connectivity index (χ1) is 7.88. The van der Waals surface area contributed by atoms with E-state index in [-0.39, 0.29) is 12.4 Å². The van der Waals surface area contributed by atoms with Crippen molar-refractivity contribution in [1.82, 2.24) is 5.32 Å². The first-order valence-corrected chi connectivity index (χ1v) is 7.08. The number of nitrogens with one attached hydrogen (secondary N) is 1. The smallest absolute Gasteiger partial charge is 0.0965 e. The molecule has 17 heavy (non-hydrogen) atoms. The molecule has 1 aliphatic heterocycles. The highest BCUT2D eigenvalue weighted by Crippen LogP contribution is 2.13. The van der Waals surface area contributed by atoms with Crippen molar-refractivity contribution < 1.29 is 0 Å². The summed E-state index contributed by atoms with van der Waals surface area (Å²) >= 11 is 1.85. The van der Waals surface area contributed by atoms with Crippen LogP contribution in [0.3, 0.4) is 0 Å². The van der Waals surface area contributed by atoms with Crippen LogP contribution in [0.5, 0.6) is 0 Å². The van der Waals surface area contributed by atoms with Gasteiger partial charge in [-0.15, -0.1) is 23.7 Å². The van der Waals surface area contributed by atoms with Crippen LogP contribution in [0.4, 0.5) is 0 Å². The highest BCUT2D eigenvalue weighted by molar-refractivity contribution is 7.09. The molecule has 96 valence electrons. The zero-order chi connectivity index (χ0) is 11.2. The van der Waals surface area contributed by atoms with Gasteiger partial charge in [-0.1, -0.05) is 13.0 Å². The Kier molecular flexibility index (Phi) is 6.60. The highest BCUT2D eigenvalue weighted by atomic mass is 35.5. The summed E-state index contributed by atoms with van der Waals surface area (Å²) in [6.45, 7) is 3.26. The molecule has 1 N–H and O–H groups in total. The number of hydrogen-bond acceptors (Lipinski definition) is 3. The minimum Gasteiger partial charge on any atom is -0.371 e. The molecular formula is C13H21ClN2S. The molecule has 2 rings (SSSR count). The third-order valence-electron chi connectivity index (χ3n) is 3.02. The Labute approximate surface area is 114 Å². The van der Waals surface area contributed by atoms with E-state index in [2.05, 4.69) is 34.7 Å². The van der Waals surface area contributed by atoms with E-state index in [1.807, 2.05) is 11.3 Å². The molecule has 0 saturated heterocycles. The van der Waals surface area contributed by atoms with Crippen molar-refractivity contribution in [2.45, 2.75) is 45.1 Å². The van der Waals surface area contributed by atoms with E-state index >= 15 is 0 Å². The van der Waals surface area contributed by atoms with Crippen molar-refractivity contribution in [3.05, 3.63) is 22.4 Å². The van der Waals surface area contributed by atoms with Crippen LogP contribution in [-0.2, 0) is 6.42 Å². The van der Waals surface area contributed by atoms with Gasteiger partial charge in [0.05, 0.1) is 5.84 Å². The molecule has 4 heteroatoms. The number of hydrogen-bond donors (Lipinski definition) is 1. The molecule has 2 heterocycles. The van der Waals surface area contributed by atoms with Crippen molar-refractivity contribution >= 4 is 29.6 Å². The molecule has 0 spiro atoms. The SMILES string of the molecule is CCC(Cc1cccs1)NC1=NCCCC1.Cl. The predicted octanol–water partition coefficient (Wildman–Crippen LogP) is 3.66. The summed E-state index contributed by atoms with van der Waals surface area (Å²) in [4.78, 5) is 6.02. The summed E-state index contributed by atoms with van der Waals surface area (Å²) in [5, 5.41) is 5.75. The lowest BCUT2D eigenvalue weighted by Gasteiger charge is -2.21. The minimum atomic E-state index is 0. The van der Waals surface area contributed by atoms with E-state index in [4.69, 9.17) is 0 Å². The van der Waals surface area contributed by atoms with Gasteiger partial charge in [-0.25, -0.2) is 0 Å². The van der Waals surface area contributed by atoms with Crippen molar-refractivity contribution in [3.8, 4) is 0 Å². The normalized spacial score (nSPS) is 16.9. The number of thiophene rings is 1. The van der Waals surface area contributed by atoms with Crippen molar-refractivity contribution in [2.75, 3.05) is 6.54 Å².